The lowest BCUT2D eigenvalue weighted by atomic mass is 10.2. The van der Waals surface area contributed by atoms with Crippen molar-refractivity contribution in [2.24, 2.45) is 0 Å². The third kappa shape index (κ3) is 2.49. The number of benzene rings is 1. The zero-order valence-corrected chi connectivity index (χ0v) is 10.4. The molecule has 5 nitrogen and oxygen atoms in total. The zero-order valence-electron chi connectivity index (χ0n) is 10.4. The van der Waals surface area contributed by atoms with Gasteiger partial charge in [-0.15, -0.1) is 0 Å². The van der Waals surface area contributed by atoms with Crippen LogP contribution < -0.4 is 5.69 Å². The van der Waals surface area contributed by atoms with Crippen molar-refractivity contribution in [1.29, 1.82) is 0 Å². The summed E-state index contributed by atoms with van der Waals surface area (Å²) in [4.78, 5) is 15.5. The van der Waals surface area contributed by atoms with Crippen molar-refractivity contribution in [2.75, 3.05) is 0 Å². The number of H-pyrrole nitrogens is 1. The Kier molecular flexibility index (Phi) is 3.13. The molecular formula is C15H10N4O. The molecule has 0 saturated carbocycles. The third-order valence-corrected chi connectivity index (χ3v) is 2.69. The molecule has 2 aromatic heterocycles. The number of rotatable bonds is 1. The number of aromatic amines is 1. The van der Waals surface area contributed by atoms with Crippen LogP contribution in [0.15, 0.2) is 59.9 Å². The van der Waals surface area contributed by atoms with Gasteiger partial charge in [0.15, 0.2) is 0 Å². The molecule has 3 rings (SSSR count). The molecule has 0 aliphatic heterocycles. The highest BCUT2D eigenvalue weighted by molar-refractivity contribution is 5.46. The predicted octanol–water partition coefficient (Wildman–Crippen LogP) is 1.36. The van der Waals surface area contributed by atoms with Crippen molar-refractivity contribution >= 4 is 0 Å². The van der Waals surface area contributed by atoms with Crippen molar-refractivity contribution in [1.82, 2.24) is 19.7 Å². The first-order valence-corrected chi connectivity index (χ1v) is 5.97. The lowest BCUT2D eigenvalue weighted by Crippen LogP contribution is -2.13. The standard InChI is InChI=1S/C15H10N4O/c20-15-18-17-11-19(15)14-5-1-3-12(9-14)6-7-13-4-2-8-16-10-13/h1-5,8-11H,(H,18,20). The minimum absolute atomic E-state index is 0.276. The second-order valence-electron chi connectivity index (χ2n) is 4.07. The second-order valence-corrected chi connectivity index (χ2v) is 4.07. The van der Waals surface area contributed by atoms with Crippen molar-refractivity contribution in [2.45, 2.75) is 0 Å². The summed E-state index contributed by atoms with van der Waals surface area (Å²) in [5.41, 5.74) is 2.11. The second kappa shape index (κ2) is 5.24. The molecule has 0 aliphatic carbocycles. The van der Waals surface area contributed by atoms with Crippen LogP contribution in [-0.4, -0.2) is 19.7 Å². The molecule has 2 heterocycles. The van der Waals surface area contributed by atoms with E-state index in [1.807, 2.05) is 36.4 Å². The number of aromatic nitrogens is 4. The Labute approximate surface area is 114 Å². The number of nitrogens with zero attached hydrogens (tertiary/aromatic N) is 3. The highest BCUT2D eigenvalue weighted by Gasteiger charge is 2.00. The van der Waals surface area contributed by atoms with E-state index >= 15 is 0 Å². The minimum atomic E-state index is -0.276. The molecule has 3 aromatic rings. The molecule has 0 saturated heterocycles. The van der Waals surface area contributed by atoms with Crippen molar-refractivity contribution in [3.05, 3.63) is 76.7 Å². The summed E-state index contributed by atoms with van der Waals surface area (Å²) in [6, 6.07) is 11.1. The fourth-order valence-electron chi connectivity index (χ4n) is 1.75. The van der Waals surface area contributed by atoms with E-state index in [-0.39, 0.29) is 5.69 Å². The Balaban J connectivity index is 1.95. The van der Waals surface area contributed by atoms with Gasteiger partial charge in [0.05, 0.1) is 5.69 Å². The fourth-order valence-corrected chi connectivity index (χ4v) is 1.75. The van der Waals surface area contributed by atoms with Gasteiger partial charge in [0.1, 0.15) is 6.33 Å². The monoisotopic (exact) mass is 262 g/mol. The van der Waals surface area contributed by atoms with E-state index in [2.05, 4.69) is 27.0 Å². The highest BCUT2D eigenvalue weighted by Crippen LogP contribution is 2.07. The van der Waals surface area contributed by atoms with Gasteiger partial charge in [0.25, 0.3) is 0 Å². The molecule has 0 unspecified atom stereocenters. The van der Waals surface area contributed by atoms with E-state index in [1.54, 1.807) is 12.4 Å². The van der Waals surface area contributed by atoms with E-state index in [1.165, 1.54) is 10.9 Å². The summed E-state index contributed by atoms with van der Waals surface area (Å²) in [6.07, 6.45) is 4.85. The van der Waals surface area contributed by atoms with Gasteiger partial charge in [-0.3, -0.25) is 4.98 Å². The Morgan fingerprint density at radius 3 is 2.70 bits per heavy atom. The molecule has 0 atom stereocenters. The molecule has 20 heavy (non-hydrogen) atoms. The van der Waals surface area contributed by atoms with E-state index in [0.717, 1.165) is 16.8 Å². The average molecular weight is 262 g/mol. The minimum Gasteiger partial charge on any atom is -0.263 e. The van der Waals surface area contributed by atoms with Gasteiger partial charge in [-0.2, -0.15) is 5.10 Å². The molecule has 0 amide bonds. The lowest BCUT2D eigenvalue weighted by Gasteiger charge is -1.99. The van der Waals surface area contributed by atoms with Crippen LogP contribution in [0, 0.1) is 11.8 Å². The molecular weight excluding hydrogens is 252 g/mol. The SMILES string of the molecule is O=c1[nH]ncn1-c1cccc(C#Cc2cccnc2)c1. The molecule has 0 radical (unpaired) electrons. The number of pyridine rings is 1. The topological polar surface area (TPSA) is 63.6 Å². The first-order valence-electron chi connectivity index (χ1n) is 5.97. The summed E-state index contributed by atoms with van der Waals surface area (Å²) >= 11 is 0. The highest BCUT2D eigenvalue weighted by atomic mass is 16.1. The average Bonchev–Trinajstić information content (AvgIpc) is 2.93. The van der Waals surface area contributed by atoms with Crippen LogP contribution >= 0.6 is 0 Å². The quantitative estimate of drug-likeness (QED) is 0.673. The predicted molar refractivity (Wildman–Crippen MR) is 74.4 cm³/mol. The maximum atomic E-state index is 11.5. The van der Waals surface area contributed by atoms with E-state index in [9.17, 15) is 4.79 Å². The lowest BCUT2D eigenvalue weighted by molar-refractivity contribution is 0.982. The van der Waals surface area contributed by atoms with E-state index < -0.39 is 0 Å². The molecule has 0 bridgehead atoms. The van der Waals surface area contributed by atoms with Crippen LogP contribution in [0.5, 0.6) is 0 Å². The number of nitrogens with one attached hydrogen (secondary N) is 1. The summed E-state index contributed by atoms with van der Waals surface area (Å²) in [7, 11) is 0. The van der Waals surface area contributed by atoms with Gasteiger partial charge in [0, 0.05) is 23.5 Å². The summed E-state index contributed by atoms with van der Waals surface area (Å²) in [5.74, 6) is 6.07. The number of hydrogen-bond acceptors (Lipinski definition) is 3. The summed E-state index contributed by atoms with van der Waals surface area (Å²) in [6.45, 7) is 0. The van der Waals surface area contributed by atoms with E-state index in [0.29, 0.717) is 0 Å². The van der Waals surface area contributed by atoms with Crippen LogP contribution in [0.2, 0.25) is 0 Å². The van der Waals surface area contributed by atoms with Crippen LogP contribution in [0.1, 0.15) is 11.1 Å². The van der Waals surface area contributed by atoms with Crippen molar-refractivity contribution in [3.8, 4) is 17.5 Å². The van der Waals surface area contributed by atoms with Gasteiger partial charge in [0.2, 0.25) is 0 Å². The molecule has 1 aromatic carbocycles. The summed E-state index contributed by atoms with van der Waals surface area (Å²) in [5, 5.41) is 6.06. The molecule has 1 N–H and O–H groups in total. The smallest absolute Gasteiger partial charge is 0.263 e. The Hall–Kier alpha value is -3.13. The molecule has 0 spiro atoms. The summed E-state index contributed by atoms with van der Waals surface area (Å²) < 4.78 is 1.43. The molecule has 0 fully saturated rings. The first kappa shape index (κ1) is 11.9. The van der Waals surface area contributed by atoms with E-state index in [4.69, 9.17) is 0 Å². The first-order chi connectivity index (χ1) is 9.83. The van der Waals surface area contributed by atoms with Gasteiger partial charge >= 0.3 is 5.69 Å². The van der Waals surface area contributed by atoms with Gasteiger partial charge in [-0.05, 0) is 30.3 Å². The Morgan fingerprint density at radius 2 is 1.95 bits per heavy atom. The largest absolute Gasteiger partial charge is 0.347 e. The third-order valence-electron chi connectivity index (χ3n) is 2.69. The van der Waals surface area contributed by atoms with Crippen molar-refractivity contribution in [3.63, 3.8) is 0 Å². The van der Waals surface area contributed by atoms with Crippen LogP contribution in [-0.2, 0) is 0 Å². The molecule has 0 aliphatic rings. The van der Waals surface area contributed by atoms with Crippen LogP contribution in [0.25, 0.3) is 5.69 Å². The molecule has 96 valence electrons. The number of hydrogen-bond donors (Lipinski definition) is 1. The van der Waals surface area contributed by atoms with Crippen molar-refractivity contribution < 1.29 is 0 Å². The zero-order chi connectivity index (χ0) is 13.8. The molecule has 5 heteroatoms. The fraction of sp³-hybridized carbons (Fsp3) is 0. The van der Waals surface area contributed by atoms with Crippen LogP contribution in [0.3, 0.4) is 0 Å². The van der Waals surface area contributed by atoms with Gasteiger partial charge < -0.3 is 0 Å². The maximum absolute atomic E-state index is 11.5. The Morgan fingerprint density at radius 1 is 1.10 bits per heavy atom. The normalized spacial score (nSPS) is 9.80. The van der Waals surface area contributed by atoms with Gasteiger partial charge in [-0.25, -0.2) is 14.5 Å². The van der Waals surface area contributed by atoms with Gasteiger partial charge in [-0.1, -0.05) is 17.9 Å². The maximum Gasteiger partial charge on any atom is 0.347 e. The van der Waals surface area contributed by atoms with Crippen LogP contribution in [0.4, 0.5) is 0 Å². The Bertz CT molecular complexity index is 837.